The van der Waals surface area contributed by atoms with Gasteiger partial charge in [0.2, 0.25) is 0 Å². The van der Waals surface area contributed by atoms with Gasteiger partial charge in [-0.3, -0.25) is 0 Å². The summed E-state index contributed by atoms with van der Waals surface area (Å²) in [6.45, 7) is 0. The number of aromatic amines is 1. The van der Waals surface area contributed by atoms with Crippen molar-refractivity contribution < 1.29 is 35.9 Å². The first-order valence-electron chi connectivity index (χ1n) is 14.8. The number of fused-ring (bicyclic) bond motifs is 2. The molecule has 246 valence electrons. The number of carbonyl (C=O) groups excluding carboxylic acids is 2. The predicted octanol–water partition coefficient (Wildman–Crippen LogP) is 6.31. The lowest BCUT2D eigenvalue weighted by Gasteiger charge is -2.08. The summed E-state index contributed by atoms with van der Waals surface area (Å²) in [6, 6.07) is 29.2. The molecule has 0 bridgehead atoms. The summed E-state index contributed by atoms with van der Waals surface area (Å²) in [5.74, 6) is -1.70. The minimum Gasteiger partial charge on any atom is -0.464 e. The van der Waals surface area contributed by atoms with Crippen LogP contribution in [0.2, 0.25) is 0 Å². The van der Waals surface area contributed by atoms with E-state index in [1.54, 1.807) is 84.9 Å². The van der Waals surface area contributed by atoms with Crippen molar-refractivity contribution >= 4 is 53.8 Å². The van der Waals surface area contributed by atoms with Crippen molar-refractivity contribution in [1.82, 2.24) is 12.9 Å². The Balaban J connectivity index is 1.61. The zero-order valence-corrected chi connectivity index (χ0v) is 27.7. The minimum absolute atomic E-state index is 0.0363. The second-order valence-corrected chi connectivity index (χ2v) is 14.6. The molecule has 7 aromatic rings. The van der Waals surface area contributed by atoms with Crippen molar-refractivity contribution in [2.45, 2.75) is 9.79 Å². The van der Waals surface area contributed by atoms with Gasteiger partial charge in [-0.25, -0.2) is 34.4 Å². The number of hydrogen-bond acceptors (Lipinski definition) is 8. The highest BCUT2D eigenvalue weighted by Gasteiger charge is 2.34. The van der Waals surface area contributed by atoms with Crippen LogP contribution in [0.1, 0.15) is 21.0 Å². The topological polar surface area (TPSA) is 147 Å². The van der Waals surface area contributed by atoms with Gasteiger partial charge in [0.05, 0.1) is 35.0 Å². The first-order valence-corrected chi connectivity index (χ1v) is 17.7. The van der Waals surface area contributed by atoms with Crippen LogP contribution in [0.4, 0.5) is 0 Å². The van der Waals surface area contributed by atoms with Gasteiger partial charge in [-0.05, 0) is 36.4 Å². The molecule has 49 heavy (non-hydrogen) atoms. The Morgan fingerprint density at radius 3 is 1.24 bits per heavy atom. The van der Waals surface area contributed by atoms with Gasteiger partial charge in [0, 0.05) is 45.4 Å². The Kier molecular flexibility index (Phi) is 7.72. The molecular formula is C36H27N3O8S2. The van der Waals surface area contributed by atoms with E-state index in [2.05, 4.69) is 4.98 Å². The largest absolute Gasteiger partial charge is 0.464 e. The molecule has 3 heterocycles. The summed E-state index contributed by atoms with van der Waals surface area (Å²) in [7, 11) is -5.95. The van der Waals surface area contributed by atoms with E-state index in [4.69, 9.17) is 9.47 Å². The number of esters is 2. The number of rotatable bonds is 8. The lowest BCUT2D eigenvalue weighted by Crippen LogP contribution is -2.11. The number of benzene rings is 4. The minimum atomic E-state index is -4.15. The van der Waals surface area contributed by atoms with Crippen LogP contribution in [0.5, 0.6) is 0 Å². The number of para-hydroxylation sites is 2. The van der Waals surface area contributed by atoms with Gasteiger partial charge in [-0.2, -0.15) is 0 Å². The van der Waals surface area contributed by atoms with Crippen molar-refractivity contribution in [3.05, 3.63) is 133 Å². The van der Waals surface area contributed by atoms with Crippen LogP contribution in [0.3, 0.4) is 0 Å². The maximum absolute atomic E-state index is 14.0. The fourth-order valence-electron chi connectivity index (χ4n) is 6.06. The molecule has 11 nitrogen and oxygen atoms in total. The summed E-state index contributed by atoms with van der Waals surface area (Å²) in [4.78, 5) is 29.9. The zero-order valence-electron chi connectivity index (χ0n) is 26.0. The van der Waals surface area contributed by atoms with E-state index >= 15 is 0 Å². The van der Waals surface area contributed by atoms with Gasteiger partial charge in [0.15, 0.2) is 0 Å². The molecule has 0 aliphatic heterocycles. The van der Waals surface area contributed by atoms with Crippen molar-refractivity contribution in [3.63, 3.8) is 0 Å². The highest BCUT2D eigenvalue weighted by Crippen LogP contribution is 2.46. The first-order chi connectivity index (χ1) is 23.6. The summed E-state index contributed by atoms with van der Waals surface area (Å²) < 4.78 is 68.6. The molecule has 13 heteroatoms. The Hall–Kier alpha value is -5.92. The van der Waals surface area contributed by atoms with Crippen LogP contribution in [0.25, 0.3) is 44.1 Å². The molecule has 0 spiro atoms. The average molecular weight is 694 g/mol. The van der Waals surface area contributed by atoms with Gasteiger partial charge in [0.1, 0.15) is 11.4 Å². The van der Waals surface area contributed by atoms with Crippen molar-refractivity contribution in [2.75, 3.05) is 14.2 Å². The molecule has 7 rings (SSSR count). The van der Waals surface area contributed by atoms with Crippen molar-refractivity contribution in [3.8, 4) is 22.3 Å². The Bertz CT molecular complexity index is 2460. The van der Waals surface area contributed by atoms with Gasteiger partial charge in [-0.1, -0.05) is 72.8 Å². The molecule has 0 saturated carbocycles. The fraction of sp³-hybridized carbons (Fsp3) is 0.0556. The van der Waals surface area contributed by atoms with E-state index in [1.165, 1.54) is 50.9 Å². The third kappa shape index (κ3) is 5.02. The quantitative estimate of drug-likeness (QED) is 0.182. The SMILES string of the molecule is COC(=O)c1[nH]c(C(=O)OC)c(-c2cn(S(=O)(=O)c3ccccc3)c3ccccc23)c1-c1cn(S(=O)(=O)c2ccccc2)c2ccccc12. The van der Waals surface area contributed by atoms with Crippen LogP contribution >= 0.6 is 0 Å². The first kappa shape index (κ1) is 31.7. The number of H-pyrrole nitrogens is 1. The Labute approximate surface area is 281 Å². The van der Waals surface area contributed by atoms with Crippen LogP contribution in [0.15, 0.2) is 131 Å². The van der Waals surface area contributed by atoms with E-state index in [9.17, 15) is 26.4 Å². The predicted molar refractivity (Wildman–Crippen MR) is 183 cm³/mol. The normalized spacial score (nSPS) is 12.0. The molecule has 0 unspecified atom stereocenters. The van der Waals surface area contributed by atoms with Crippen molar-refractivity contribution in [1.29, 1.82) is 0 Å². The molecule has 0 aliphatic carbocycles. The molecule has 4 aromatic carbocycles. The van der Waals surface area contributed by atoms with Crippen LogP contribution in [0, 0.1) is 0 Å². The molecule has 0 radical (unpaired) electrons. The average Bonchev–Trinajstić information content (AvgIpc) is 3.84. The standard InChI is InChI=1S/C36H27N3O8S2/c1-46-35(40)33-31(27-21-38(29-19-11-9-17-25(27)29)48(42,43)23-13-5-3-6-14-23)32(34(37-33)36(41)47-2)28-22-39(30-20-12-10-18-26(28)30)49(44,45)24-15-7-4-8-16-24/h3-22,37H,1-2H3. The van der Waals surface area contributed by atoms with Gasteiger partial charge < -0.3 is 14.5 Å². The summed E-state index contributed by atoms with van der Waals surface area (Å²) in [5, 5.41) is 0.869. The van der Waals surface area contributed by atoms with Crippen molar-refractivity contribution in [2.24, 2.45) is 0 Å². The number of nitrogens with one attached hydrogen (secondary N) is 1. The van der Waals surface area contributed by atoms with Crippen LogP contribution in [-0.2, 0) is 29.5 Å². The number of nitrogens with zero attached hydrogens (tertiary/aromatic N) is 2. The molecule has 0 amide bonds. The molecule has 1 N–H and O–H groups in total. The van der Waals surface area contributed by atoms with E-state index in [0.29, 0.717) is 21.8 Å². The highest BCUT2D eigenvalue weighted by molar-refractivity contribution is 7.90. The molecule has 0 fully saturated rings. The Morgan fingerprint density at radius 2 is 0.878 bits per heavy atom. The van der Waals surface area contributed by atoms with Gasteiger partial charge in [0.25, 0.3) is 20.0 Å². The van der Waals surface area contributed by atoms with E-state index in [1.807, 2.05) is 0 Å². The fourth-order valence-corrected chi connectivity index (χ4v) is 8.84. The third-order valence-corrected chi connectivity index (χ3v) is 11.6. The summed E-state index contributed by atoms with van der Waals surface area (Å²) in [6.07, 6.45) is 2.76. The summed E-state index contributed by atoms with van der Waals surface area (Å²) in [5.41, 5.74) is 1.03. The molecular weight excluding hydrogens is 667 g/mol. The molecule has 0 atom stereocenters. The second kappa shape index (κ2) is 12.0. The highest BCUT2D eigenvalue weighted by atomic mass is 32.2. The number of aromatic nitrogens is 3. The molecule has 0 aliphatic rings. The number of carbonyl (C=O) groups is 2. The summed E-state index contributed by atoms with van der Waals surface area (Å²) >= 11 is 0. The van der Waals surface area contributed by atoms with Gasteiger partial charge >= 0.3 is 11.9 Å². The number of ether oxygens (including phenoxy) is 2. The number of methoxy groups -OCH3 is 2. The van der Waals surface area contributed by atoms with Crippen LogP contribution in [-0.4, -0.2) is 55.9 Å². The van der Waals surface area contributed by atoms with Crippen LogP contribution < -0.4 is 0 Å². The van der Waals surface area contributed by atoms with E-state index < -0.39 is 32.0 Å². The maximum Gasteiger partial charge on any atom is 0.355 e. The molecule has 0 saturated heterocycles. The maximum atomic E-state index is 14.0. The van der Waals surface area contributed by atoms with E-state index in [-0.39, 0.29) is 43.4 Å². The zero-order chi connectivity index (χ0) is 34.5. The van der Waals surface area contributed by atoms with E-state index in [0.717, 1.165) is 7.94 Å². The lowest BCUT2D eigenvalue weighted by atomic mass is 9.94. The second-order valence-electron chi connectivity index (χ2n) is 11.0. The smallest absolute Gasteiger partial charge is 0.355 e. The molecule has 3 aromatic heterocycles. The van der Waals surface area contributed by atoms with Gasteiger partial charge in [-0.15, -0.1) is 0 Å². The Morgan fingerprint density at radius 1 is 0.531 bits per heavy atom. The monoisotopic (exact) mass is 693 g/mol. The lowest BCUT2D eigenvalue weighted by molar-refractivity contribution is 0.0591. The number of hydrogen-bond donors (Lipinski definition) is 1. The third-order valence-electron chi connectivity index (χ3n) is 8.27.